The Balaban J connectivity index is 2.92. The lowest BCUT2D eigenvalue weighted by Crippen LogP contribution is -2.51. The zero-order valence-corrected chi connectivity index (χ0v) is 25.9. The second-order valence-electron chi connectivity index (χ2n) is 12.8. The Hall–Kier alpha value is -0.806. The maximum absolute atomic E-state index is 11.2. The summed E-state index contributed by atoms with van der Waals surface area (Å²) in [6.45, 7) is 27.1. The Labute approximate surface area is 217 Å². The van der Waals surface area contributed by atoms with Gasteiger partial charge in [-0.3, -0.25) is 0 Å². The molecule has 0 bridgehead atoms. The zero-order chi connectivity index (χ0) is 27.1. The van der Waals surface area contributed by atoms with E-state index < -0.39 is 28.8 Å². The highest BCUT2D eigenvalue weighted by molar-refractivity contribution is 6.74. The molecule has 0 aliphatic carbocycles. The number of aliphatic hydroxyl groups excluding tert-OH is 2. The van der Waals surface area contributed by atoms with Crippen molar-refractivity contribution in [2.45, 2.75) is 109 Å². The van der Waals surface area contributed by atoms with E-state index in [0.29, 0.717) is 13.2 Å². The van der Waals surface area contributed by atoms with Crippen molar-refractivity contribution < 1.29 is 23.8 Å². The molecule has 202 valence electrons. The largest absolute Gasteiger partial charge is 0.414 e. The molecule has 0 heterocycles. The predicted octanol–water partition coefficient (Wildman–Crippen LogP) is 6.53. The van der Waals surface area contributed by atoms with Crippen molar-refractivity contribution in [1.82, 2.24) is 0 Å². The maximum Gasteiger partial charge on any atom is 0.192 e. The molecule has 7 heteroatoms. The first kappa shape index (κ1) is 32.2. The molecule has 0 saturated heterocycles. The molecular formula is C28H52O5Si2. The number of hydrogen-bond donors (Lipinski definition) is 2. The molecule has 0 aromatic heterocycles. The molecule has 0 fully saturated rings. The third-order valence-electron chi connectivity index (χ3n) is 7.75. The number of ether oxygens (including phenoxy) is 1. The summed E-state index contributed by atoms with van der Waals surface area (Å²) < 4.78 is 19.0. The van der Waals surface area contributed by atoms with Gasteiger partial charge in [0.15, 0.2) is 16.6 Å². The summed E-state index contributed by atoms with van der Waals surface area (Å²) in [5, 5.41) is 21.8. The van der Waals surface area contributed by atoms with Gasteiger partial charge in [-0.25, -0.2) is 0 Å². The van der Waals surface area contributed by atoms with Gasteiger partial charge in [0.2, 0.25) is 0 Å². The van der Waals surface area contributed by atoms with Crippen molar-refractivity contribution in [1.29, 1.82) is 0 Å². The van der Waals surface area contributed by atoms with Crippen LogP contribution in [0.25, 0.3) is 0 Å². The van der Waals surface area contributed by atoms with Gasteiger partial charge in [-0.2, -0.15) is 0 Å². The van der Waals surface area contributed by atoms with Crippen LogP contribution in [0.5, 0.6) is 0 Å². The van der Waals surface area contributed by atoms with Gasteiger partial charge in [0, 0.05) is 12.3 Å². The average molecular weight is 525 g/mol. The summed E-state index contributed by atoms with van der Waals surface area (Å²) in [6, 6.07) is 9.85. The van der Waals surface area contributed by atoms with Crippen molar-refractivity contribution in [2.24, 2.45) is 5.92 Å². The molecule has 5 nitrogen and oxygen atoms in total. The molecule has 0 spiro atoms. The second-order valence-corrected chi connectivity index (χ2v) is 22.3. The minimum absolute atomic E-state index is 0.0175. The fourth-order valence-corrected chi connectivity index (χ4v) is 5.58. The van der Waals surface area contributed by atoms with Gasteiger partial charge >= 0.3 is 0 Å². The number of hydrogen-bond acceptors (Lipinski definition) is 5. The lowest BCUT2D eigenvalue weighted by molar-refractivity contribution is -0.0311. The topological polar surface area (TPSA) is 68.2 Å². The van der Waals surface area contributed by atoms with E-state index in [1.807, 2.05) is 30.3 Å². The van der Waals surface area contributed by atoms with Crippen LogP contribution < -0.4 is 0 Å². The Morgan fingerprint density at radius 1 is 0.886 bits per heavy atom. The quantitative estimate of drug-likeness (QED) is 0.214. The van der Waals surface area contributed by atoms with Gasteiger partial charge in [0.1, 0.15) is 0 Å². The standard InChI is InChI=1S/C28H52O5Si2/c1-12-24(25(30)18-23(29)20-31-19-22-16-14-13-15-17-22)26(33-35(10,11)28(5,6)7)21-32-34(8,9)27(2,3)4/h12-17,23-26,29-30H,1,18-21H2,2-11H3/t23-,24+,25+,26+/m1/s1. The first-order valence-corrected chi connectivity index (χ1v) is 18.6. The number of rotatable bonds is 14. The Morgan fingerprint density at radius 2 is 1.43 bits per heavy atom. The molecule has 1 aromatic rings. The van der Waals surface area contributed by atoms with Crippen LogP contribution in [0.4, 0.5) is 0 Å². The molecular weight excluding hydrogens is 472 g/mol. The molecule has 0 aliphatic rings. The lowest BCUT2D eigenvalue weighted by atomic mass is 9.92. The fourth-order valence-electron chi connectivity index (χ4n) is 3.23. The summed E-state index contributed by atoms with van der Waals surface area (Å²) in [7, 11) is -4.16. The van der Waals surface area contributed by atoms with Crippen LogP contribution in [0.3, 0.4) is 0 Å². The van der Waals surface area contributed by atoms with Crippen molar-refractivity contribution in [3.05, 3.63) is 48.6 Å². The third kappa shape index (κ3) is 10.2. The maximum atomic E-state index is 11.2. The molecule has 0 saturated carbocycles. The molecule has 4 atom stereocenters. The van der Waals surface area contributed by atoms with E-state index in [1.54, 1.807) is 6.08 Å². The second kappa shape index (κ2) is 13.1. The van der Waals surface area contributed by atoms with E-state index in [0.717, 1.165) is 5.56 Å². The van der Waals surface area contributed by atoms with Crippen LogP contribution in [0.15, 0.2) is 43.0 Å². The highest BCUT2D eigenvalue weighted by Crippen LogP contribution is 2.40. The summed E-state index contributed by atoms with van der Waals surface area (Å²) >= 11 is 0. The van der Waals surface area contributed by atoms with Crippen LogP contribution in [0.2, 0.25) is 36.3 Å². The van der Waals surface area contributed by atoms with Crippen molar-refractivity contribution in [3.63, 3.8) is 0 Å². The number of benzene rings is 1. The van der Waals surface area contributed by atoms with Crippen LogP contribution in [0, 0.1) is 5.92 Å². The van der Waals surface area contributed by atoms with Crippen molar-refractivity contribution in [3.8, 4) is 0 Å². The van der Waals surface area contributed by atoms with Crippen LogP contribution in [-0.2, 0) is 20.2 Å². The highest BCUT2D eigenvalue weighted by Gasteiger charge is 2.43. The lowest BCUT2D eigenvalue weighted by Gasteiger charge is -2.44. The minimum atomic E-state index is -2.14. The van der Waals surface area contributed by atoms with Crippen LogP contribution in [-0.4, -0.2) is 58.4 Å². The zero-order valence-electron chi connectivity index (χ0n) is 23.9. The molecule has 0 amide bonds. The summed E-state index contributed by atoms with van der Waals surface area (Å²) in [6.07, 6.45) is -0.000589. The fraction of sp³-hybridized carbons (Fsp3) is 0.714. The van der Waals surface area contributed by atoms with Crippen LogP contribution >= 0.6 is 0 Å². The first-order chi connectivity index (χ1) is 15.9. The first-order valence-electron chi connectivity index (χ1n) is 12.8. The van der Waals surface area contributed by atoms with Gasteiger partial charge < -0.3 is 23.8 Å². The third-order valence-corrected chi connectivity index (χ3v) is 16.8. The van der Waals surface area contributed by atoms with E-state index in [-0.39, 0.29) is 35.1 Å². The summed E-state index contributed by atoms with van der Waals surface area (Å²) in [4.78, 5) is 0. The van der Waals surface area contributed by atoms with E-state index in [1.165, 1.54) is 0 Å². The van der Waals surface area contributed by atoms with Crippen molar-refractivity contribution in [2.75, 3.05) is 13.2 Å². The monoisotopic (exact) mass is 524 g/mol. The Bertz CT molecular complexity index is 753. The Morgan fingerprint density at radius 3 is 1.91 bits per heavy atom. The molecule has 35 heavy (non-hydrogen) atoms. The predicted molar refractivity (Wildman–Crippen MR) is 152 cm³/mol. The van der Waals surface area contributed by atoms with Gasteiger partial charge in [-0.15, -0.1) is 6.58 Å². The molecule has 0 aliphatic heterocycles. The Kier molecular flexibility index (Phi) is 12.1. The molecule has 0 unspecified atom stereocenters. The molecule has 1 rings (SSSR count). The normalized spacial score (nSPS) is 17.0. The highest BCUT2D eigenvalue weighted by atomic mass is 28.4. The van der Waals surface area contributed by atoms with Gasteiger partial charge in [-0.05, 0) is 41.8 Å². The van der Waals surface area contributed by atoms with E-state index >= 15 is 0 Å². The SMILES string of the molecule is C=C[C@H]([C@H](CO[Si](C)(C)C(C)(C)C)O[Si](C)(C)C(C)(C)C)[C@@H](O)C[C@@H](O)COCc1ccccc1. The molecule has 0 radical (unpaired) electrons. The smallest absolute Gasteiger partial charge is 0.192 e. The minimum Gasteiger partial charge on any atom is -0.414 e. The number of aliphatic hydroxyl groups is 2. The van der Waals surface area contributed by atoms with Crippen molar-refractivity contribution >= 4 is 16.6 Å². The summed E-state index contributed by atoms with van der Waals surface area (Å²) in [5.41, 5.74) is 1.05. The van der Waals surface area contributed by atoms with Crippen LogP contribution in [0.1, 0.15) is 53.5 Å². The van der Waals surface area contributed by atoms with Gasteiger partial charge in [-0.1, -0.05) is 78.0 Å². The van der Waals surface area contributed by atoms with E-state index in [2.05, 4.69) is 74.3 Å². The molecule has 2 N–H and O–H groups in total. The van der Waals surface area contributed by atoms with E-state index in [4.69, 9.17) is 13.6 Å². The molecule has 1 aromatic carbocycles. The summed E-state index contributed by atoms with van der Waals surface area (Å²) in [5.74, 6) is -0.363. The van der Waals surface area contributed by atoms with Gasteiger partial charge in [0.25, 0.3) is 0 Å². The van der Waals surface area contributed by atoms with Gasteiger partial charge in [0.05, 0.1) is 38.1 Å². The average Bonchev–Trinajstić information content (AvgIpc) is 2.71. The van der Waals surface area contributed by atoms with E-state index in [9.17, 15) is 10.2 Å².